The summed E-state index contributed by atoms with van der Waals surface area (Å²) in [5.74, 6) is -0.290. The molecular weight excluding hydrogens is 368 g/mol. The van der Waals surface area contributed by atoms with Gasteiger partial charge in [-0.2, -0.15) is 0 Å². The lowest BCUT2D eigenvalue weighted by atomic mass is 10.2. The number of rotatable bonds is 8. The summed E-state index contributed by atoms with van der Waals surface area (Å²) in [6, 6.07) is 12.3. The fraction of sp³-hybridized carbons (Fsp3) is 0.316. The van der Waals surface area contributed by atoms with Crippen molar-refractivity contribution in [3.63, 3.8) is 0 Å². The highest BCUT2D eigenvalue weighted by Gasteiger charge is 2.19. The fourth-order valence-corrected chi connectivity index (χ4v) is 2.87. The summed E-state index contributed by atoms with van der Waals surface area (Å²) in [6.45, 7) is 3.64. The molecule has 1 unspecified atom stereocenters. The van der Waals surface area contributed by atoms with E-state index in [-0.39, 0.29) is 23.8 Å². The lowest BCUT2D eigenvalue weighted by Crippen LogP contribution is -3.11. The van der Waals surface area contributed by atoms with E-state index in [0.29, 0.717) is 11.6 Å². The number of nitro groups is 1. The van der Waals surface area contributed by atoms with Gasteiger partial charge in [0.1, 0.15) is 12.2 Å². The summed E-state index contributed by atoms with van der Waals surface area (Å²) >= 11 is 5.90. The van der Waals surface area contributed by atoms with Gasteiger partial charge in [-0.05, 0) is 31.2 Å². The molecule has 0 fully saturated rings. The third-order valence-corrected chi connectivity index (χ3v) is 4.48. The van der Waals surface area contributed by atoms with Crippen LogP contribution in [0.25, 0.3) is 0 Å². The van der Waals surface area contributed by atoms with Gasteiger partial charge < -0.3 is 15.1 Å². The Kier molecular flexibility index (Phi) is 7.15. The standard InChI is InChI=1S/C19H23ClN4O3/c1-4-23(12-14-5-8-16(9-6-14)22(2)3)13-19(25)21-17-11-15(20)7-10-18(17)24(26)27/h5-11H,4,12-13H2,1-3H3,(H,21,25)/p+1. The van der Waals surface area contributed by atoms with Gasteiger partial charge in [0.05, 0.1) is 11.5 Å². The molecule has 0 aliphatic heterocycles. The highest BCUT2D eigenvalue weighted by atomic mass is 35.5. The topological polar surface area (TPSA) is 79.9 Å². The predicted octanol–water partition coefficient (Wildman–Crippen LogP) is 2.36. The highest BCUT2D eigenvalue weighted by Crippen LogP contribution is 2.27. The summed E-state index contributed by atoms with van der Waals surface area (Å²) < 4.78 is 0. The molecule has 2 rings (SSSR count). The maximum Gasteiger partial charge on any atom is 0.292 e. The van der Waals surface area contributed by atoms with E-state index in [1.807, 2.05) is 50.2 Å². The molecule has 2 aromatic rings. The smallest absolute Gasteiger partial charge is 0.292 e. The van der Waals surface area contributed by atoms with Crippen LogP contribution in [0.3, 0.4) is 0 Å². The number of likely N-dealkylation sites (N-methyl/N-ethyl adjacent to an activating group) is 1. The first kappa shape index (κ1) is 20.7. The molecule has 2 aromatic carbocycles. The number of quaternary nitrogens is 1. The molecule has 0 aromatic heterocycles. The Hall–Kier alpha value is -2.64. The van der Waals surface area contributed by atoms with Crippen molar-refractivity contribution in [3.05, 3.63) is 63.2 Å². The van der Waals surface area contributed by atoms with Crippen LogP contribution in [0, 0.1) is 10.1 Å². The van der Waals surface area contributed by atoms with E-state index in [0.717, 1.165) is 22.7 Å². The molecule has 2 N–H and O–H groups in total. The van der Waals surface area contributed by atoms with Gasteiger partial charge in [-0.15, -0.1) is 0 Å². The Morgan fingerprint density at radius 2 is 1.89 bits per heavy atom. The maximum atomic E-state index is 12.4. The molecule has 0 aliphatic carbocycles. The normalized spacial score (nSPS) is 11.7. The zero-order valence-corrected chi connectivity index (χ0v) is 16.4. The molecule has 1 amide bonds. The molecule has 144 valence electrons. The maximum absolute atomic E-state index is 12.4. The number of halogens is 1. The van der Waals surface area contributed by atoms with E-state index in [1.165, 1.54) is 18.2 Å². The molecule has 8 heteroatoms. The number of carbonyl (C=O) groups is 1. The van der Waals surface area contributed by atoms with E-state index < -0.39 is 4.92 Å². The number of carbonyl (C=O) groups excluding carboxylic acids is 1. The Morgan fingerprint density at radius 3 is 2.44 bits per heavy atom. The molecule has 0 saturated carbocycles. The number of nitrogens with one attached hydrogen (secondary N) is 2. The zero-order chi connectivity index (χ0) is 20.0. The average Bonchev–Trinajstić information content (AvgIpc) is 2.61. The minimum atomic E-state index is -0.539. The van der Waals surface area contributed by atoms with Crippen molar-refractivity contribution in [2.75, 3.05) is 37.4 Å². The Bertz CT molecular complexity index is 809. The van der Waals surface area contributed by atoms with Crippen molar-refractivity contribution in [1.29, 1.82) is 0 Å². The second kappa shape index (κ2) is 9.34. The first-order valence-corrected chi connectivity index (χ1v) is 9.01. The number of amides is 1. The van der Waals surface area contributed by atoms with E-state index in [2.05, 4.69) is 5.32 Å². The van der Waals surface area contributed by atoms with Gasteiger partial charge in [-0.1, -0.05) is 23.7 Å². The number of anilines is 2. The molecule has 0 radical (unpaired) electrons. The molecule has 27 heavy (non-hydrogen) atoms. The number of nitrogens with zero attached hydrogens (tertiary/aromatic N) is 2. The molecule has 0 bridgehead atoms. The quantitative estimate of drug-likeness (QED) is 0.534. The van der Waals surface area contributed by atoms with Crippen LogP contribution in [-0.2, 0) is 11.3 Å². The fourth-order valence-electron chi connectivity index (χ4n) is 2.70. The van der Waals surface area contributed by atoms with Crippen LogP contribution in [-0.4, -0.2) is 38.0 Å². The Labute approximate surface area is 163 Å². The van der Waals surface area contributed by atoms with Crippen molar-refractivity contribution in [2.45, 2.75) is 13.5 Å². The van der Waals surface area contributed by atoms with Gasteiger partial charge >= 0.3 is 0 Å². The lowest BCUT2D eigenvalue weighted by molar-refractivity contribution is -0.903. The second-order valence-electron chi connectivity index (χ2n) is 6.48. The number of benzene rings is 2. The molecule has 1 atom stereocenters. The number of hydrogen-bond acceptors (Lipinski definition) is 4. The number of hydrogen-bond donors (Lipinski definition) is 2. The monoisotopic (exact) mass is 391 g/mol. The first-order chi connectivity index (χ1) is 12.8. The minimum Gasteiger partial charge on any atom is -0.378 e. The summed E-state index contributed by atoms with van der Waals surface area (Å²) in [6.07, 6.45) is 0. The summed E-state index contributed by atoms with van der Waals surface area (Å²) in [5, 5.41) is 14.1. The molecular formula is C19H24ClN4O3+. The average molecular weight is 392 g/mol. The SMILES string of the molecule is CC[NH+](CC(=O)Nc1cc(Cl)ccc1[N+](=O)[O-])Cc1ccc(N(C)C)cc1. The molecule has 0 spiro atoms. The third kappa shape index (κ3) is 5.94. The van der Waals surface area contributed by atoms with E-state index in [1.54, 1.807) is 0 Å². The third-order valence-electron chi connectivity index (χ3n) is 4.25. The molecule has 0 aliphatic rings. The second-order valence-corrected chi connectivity index (χ2v) is 6.92. The van der Waals surface area contributed by atoms with Crippen LogP contribution in [0.5, 0.6) is 0 Å². The van der Waals surface area contributed by atoms with Crippen molar-refractivity contribution in [1.82, 2.24) is 0 Å². The van der Waals surface area contributed by atoms with Crippen LogP contribution in [0.2, 0.25) is 5.02 Å². The molecule has 0 saturated heterocycles. The largest absolute Gasteiger partial charge is 0.378 e. The predicted molar refractivity (Wildman–Crippen MR) is 108 cm³/mol. The lowest BCUT2D eigenvalue weighted by Gasteiger charge is -2.18. The van der Waals surface area contributed by atoms with E-state index in [9.17, 15) is 14.9 Å². The van der Waals surface area contributed by atoms with Crippen LogP contribution >= 0.6 is 11.6 Å². The Balaban J connectivity index is 2.03. The molecule has 7 nitrogen and oxygen atoms in total. The van der Waals surface area contributed by atoms with Gasteiger partial charge in [0.2, 0.25) is 0 Å². The van der Waals surface area contributed by atoms with Crippen molar-refractivity contribution in [3.8, 4) is 0 Å². The van der Waals surface area contributed by atoms with Gasteiger partial charge in [-0.25, -0.2) is 0 Å². The van der Waals surface area contributed by atoms with E-state index >= 15 is 0 Å². The van der Waals surface area contributed by atoms with Crippen LogP contribution in [0.4, 0.5) is 17.1 Å². The summed E-state index contributed by atoms with van der Waals surface area (Å²) in [5.41, 5.74) is 2.18. The van der Waals surface area contributed by atoms with E-state index in [4.69, 9.17) is 11.6 Å². The van der Waals surface area contributed by atoms with Crippen molar-refractivity contribution in [2.24, 2.45) is 0 Å². The zero-order valence-electron chi connectivity index (χ0n) is 15.7. The number of nitro benzene ring substituents is 1. The Morgan fingerprint density at radius 1 is 1.22 bits per heavy atom. The van der Waals surface area contributed by atoms with Gasteiger partial charge in [0.15, 0.2) is 6.54 Å². The molecule has 0 heterocycles. The van der Waals surface area contributed by atoms with Crippen LogP contribution in [0.1, 0.15) is 12.5 Å². The van der Waals surface area contributed by atoms with Gasteiger partial charge in [0, 0.05) is 36.4 Å². The van der Waals surface area contributed by atoms with Crippen LogP contribution < -0.4 is 15.1 Å². The highest BCUT2D eigenvalue weighted by molar-refractivity contribution is 6.31. The van der Waals surface area contributed by atoms with Crippen molar-refractivity contribution >= 4 is 34.6 Å². The van der Waals surface area contributed by atoms with Crippen molar-refractivity contribution < 1.29 is 14.6 Å². The van der Waals surface area contributed by atoms with Gasteiger partial charge in [0.25, 0.3) is 11.6 Å². The first-order valence-electron chi connectivity index (χ1n) is 8.63. The summed E-state index contributed by atoms with van der Waals surface area (Å²) in [7, 11) is 3.97. The minimum absolute atomic E-state index is 0.114. The van der Waals surface area contributed by atoms with Gasteiger partial charge in [-0.3, -0.25) is 14.9 Å². The van der Waals surface area contributed by atoms with Crippen LogP contribution in [0.15, 0.2) is 42.5 Å². The summed E-state index contributed by atoms with van der Waals surface area (Å²) in [4.78, 5) is 26.0.